The zero-order valence-corrected chi connectivity index (χ0v) is 82.0. The largest absolute Gasteiger partial charge is 0.743 e. The van der Waals surface area contributed by atoms with Gasteiger partial charge in [0.1, 0.15) is 0 Å². The highest BCUT2D eigenvalue weighted by Crippen LogP contribution is 2.76. The topological polar surface area (TPSA) is 496 Å². The van der Waals surface area contributed by atoms with Crippen LogP contribution in [-0.4, -0.2) is 207 Å². The minimum Gasteiger partial charge on any atom is -0.743 e. The summed E-state index contributed by atoms with van der Waals surface area (Å²) in [7, 11) is -23.6. The number of rotatable bonds is 18. The highest BCUT2D eigenvalue weighted by Gasteiger charge is 2.74. The van der Waals surface area contributed by atoms with Gasteiger partial charge >= 0.3 is 44.9 Å². The van der Waals surface area contributed by atoms with E-state index in [0.29, 0.717) is 79.1 Å². The van der Waals surface area contributed by atoms with Crippen LogP contribution in [0.25, 0.3) is 32.3 Å². The molecule has 8 fully saturated rings. The second kappa shape index (κ2) is 42.4. The smallest absolute Gasteiger partial charge is 0.369 e. The number of ether oxygens (including phenoxy) is 4. The fourth-order valence-electron chi connectivity index (χ4n) is 17.3. The molecule has 0 aliphatic heterocycles. The van der Waals surface area contributed by atoms with Crippen LogP contribution in [0.15, 0.2) is 109 Å². The van der Waals surface area contributed by atoms with Gasteiger partial charge in [0.15, 0.2) is 64.9 Å². The summed E-state index contributed by atoms with van der Waals surface area (Å²) in [5.74, 6) is -5.29. The lowest BCUT2D eigenvalue weighted by Gasteiger charge is -2.70. The molecule has 8 N–H and O–H groups in total. The van der Waals surface area contributed by atoms with Crippen LogP contribution in [0.5, 0.6) is 0 Å². The molecule has 0 spiro atoms. The average Bonchev–Trinajstić information content (AvgIpc) is 0.677. The van der Waals surface area contributed by atoms with Crippen LogP contribution in [-0.2, 0) is 78.6 Å². The van der Waals surface area contributed by atoms with E-state index < -0.39 is 188 Å². The molecule has 8 bridgehead atoms. The maximum absolute atomic E-state index is 13.9. The molecular formula is C90H134F8O28S4-4. The van der Waals surface area contributed by atoms with Crippen molar-refractivity contribution < 1.29 is 166 Å². The predicted octanol–water partition coefficient (Wildman–Crippen LogP) is 15.1. The molecule has 28 nitrogen and oxygen atoms in total. The summed E-state index contributed by atoms with van der Waals surface area (Å²) < 4.78 is 249. The van der Waals surface area contributed by atoms with E-state index in [1.54, 1.807) is 138 Å². The van der Waals surface area contributed by atoms with Gasteiger partial charge in [0.25, 0.3) is 0 Å². The SMILES string of the molecule is CC(=O)OC(C)C(F)(F)S(=O)(=O)[O-].CC(=O)OC(C)C(F)(F)S(=O)(=O)[O-].CC(C)(C)O.CC(C)(C)O.CC(C)(C)O.CC(C)(C)O.CC(OC(=O)C12CC3CC(C(C)(C)O)(C1)CC(C(C)(C)O)(C3)C2)C(F)(F)S(=O)(=O)[O-].CC(OC(=O)C1C2CC3CC(C(C)(C)O)(C2)CC1(C(C)(C)O)C3)C(F)(F)S(=O)(=O)[O-].c1ccc2cc3ccccc3cc2c1.c1ccc2ccccc2c1. The Balaban J connectivity index is 0.000000525. The van der Waals surface area contributed by atoms with Crippen LogP contribution in [0.4, 0.5) is 35.1 Å². The average molecular weight is 1940 g/mol. The van der Waals surface area contributed by atoms with Gasteiger partial charge in [-0.05, 0) is 304 Å². The first-order valence-corrected chi connectivity index (χ1v) is 47.4. The molecule has 130 heavy (non-hydrogen) atoms. The van der Waals surface area contributed by atoms with Crippen LogP contribution in [0.2, 0.25) is 0 Å². The highest BCUT2D eigenvalue weighted by atomic mass is 32.2. The summed E-state index contributed by atoms with van der Waals surface area (Å²) in [6, 6.07) is 38.1. The van der Waals surface area contributed by atoms with E-state index in [1.165, 1.54) is 32.3 Å². The molecule has 8 aliphatic carbocycles. The standard InChI is InChI=1S/2C20H32F2O7S.C14H10.C10H8.2C5H8F2O5S.4C4H10O/c1-12(20(21,22)30(26,27)28)29-14(23)17-6-13-7-18(9-17,15(2,3)24)11-19(8-13,10-17)16(4,5)25;1-11(20(21,22)30(26,27)28)29-15(23)14-13-6-12-7-18(9-13,16(2,3)24)10-19(14,8-12)17(4,5)25;1-2-6-12-10-14-8-4-3-7-13(14)9-11(12)5-1;1-2-6-10-8-4-3-7-9(10)5-1;2*1-3(12-4(2)8)5(6,7)13(9,10)11;4*1-4(2,3)5/h12-13,24-25H,6-11H2,1-5H3,(H,26,27,28);11-14,24-25H,6-10H2,1-5H3,(H,26,27,28);1-10H;1-8H;2*3H,1-2H3,(H,9,10,11);4*5H,1-3H3/p-4. The molecule has 0 aromatic heterocycles. The zero-order valence-electron chi connectivity index (χ0n) is 78.7. The summed E-state index contributed by atoms with van der Waals surface area (Å²) in [4.78, 5) is 46.7. The minimum absolute atomic E-state index is 0.0225. The Morgan fingerprint density at radius 3 is 0.838 bits per heavy atom. The number of benzene rings is 5. The van der Waals surface area contributed by atoms with E-state index in [4.69, 9.17) is 29.9 Å². The van der Waals surface area contributed by atoms with Crippen molar-refractivity contribution in [3.05, 3.63) is 109 Å². The third kappa shape index (κ3) is 32.9. The Kier molecular flexibility index (Phi) is 39.0. The number of hydrogen-bond donors (Lipinski definition) is 8. The molecule has 8 aliphatic rings. The zero-order chi connectivity index (χ0) is 102. The Morgan fingerprint density at radius 2 is 0.592 bits per heavy atom. The Labute approximate surface area is 759 Å². The second-order valence-electron chi connectivity index (χ2n) is 40.9. The first-order valence-electron chi connectivity index (χ1n) is 41.7. The Morgan fingerprint density at radius 1 is 0.346 bits per heavy atom. The van der Waals surface area contributed by atoms with Crippen LogP contribution >= 0.6 is 0 Å². The lowest BCUT2D eigenvalue weighted by Crippen LogP contribution is -2.69. The van der Waals surface area contributed by atoms with E-state index in [9.17, 15) is 127 Å². The normalized spacial score (nSPS) is 24.3. The first-order chi connectivity index (χ1) is 57.6. The maximum Gasteiger partial charge on any atom is 0.369 e. The maximum atomic E-state index is 13.9. The number of aliphatic hydroxyl groups is 8. The van der Waals surface area contributed by atoms with Gasteiger partial charge in [-0.15, -0.1) is 0 Å². The van der Waals surface area contributed by atoms with Crippen molar-refractivity contribution in [2.45, 2.75) is 341 Å². The van der Waals surface area contributed by atoms with Crippen molar-refractivity contribution in [1.29, 1.82) is 0 Å². The van der Waals surface area contributed by atoms with Gasteiger partial charge in [-0.25, -0.2) is 33.7 Å². The molecule has 13 rings (SSSR count). The predicted molar refractivity (Wildman–Crippen MR) is 468 cm³/mol. The van der Waals surface area contributed by atoms with Gasteiger partial charge in [0.2, 0.25) is 0 Å². The molecule has 11 atom stereocenters. The van der Waals surface area contributed by atoms with Gasteiger partial charge in [-0.2, -0.15) is 35.1 Å². The number of esters is 4. The van der Waals surface area contributed by atoms with E-state index in [1.807, 2.05) is 0 Å². The molecule has 40 heteroatoms. The van der Waals surface area contributed by atoms with Crippen LogP contribution in [0.1, 0.15) is 251 Å². The third-order valence-corrected chi connectivity index (χ3v) is 27.0. The first kappa shape index (κ1) is 120. The fraction of sp³-hybridized carbons (Fsp3) is 0.689. The molecule has 0 radical (unpaired) electrons. The molecular weight excluding hydrogens is 1810 g/mol. The van der Waals surface area contributed by atoms with Gasteiger partial charge in [-0.3, -0.25) is 19.2 Å². The number of halogens is 8. The summed E-state index contributed by atoms with van der Waals surface area (Å²) in [5.41, 5.74) is -11.0. The van der Waals surface area contributed by atoms with Gasteiger partial charge in [-0.1, -0.05) is 97.1 Å². The number of alkyl halides is 8. The fourth-order valence-corrected chi connectivity index (χ4v) is 19.1. The summed E-state index contributed by atoms with van der Waals surface area (Å²) in [6.45, 7) is 38.3. The Hall–Kier alpha value is -6.48. The summed E-state index contributed by atoms with van der Waals surface area (Å²) >= 11 is 0. The lowest BCUT2D eigenvalue weighted by atomic mass is 9.35. The quantitative estimate of drug-likeness (QED) is 0.0133. The minimum atomic E-state index is -6.01. The molecule has 0 heterocycles. The molecule has 0 amide bonds. The number of carbonyl (C=O) groups excluding carboxylic acids is 4. The number of carbonyl (C=O) groups is 4. The molecule has 5 aromatic carbocycles. The van der Waals surface area contributed by atoms with Crippen molar-refractivity contribution in [2.75, 3.05) is 0 Å². The third-order valence-electron chi connectivity index (χ3n) is 23.0. The van der Waals surface area contributed by atoms with E-state index in [-0.39, 0.29) is 30.6 Å². The van der Waals surface area contributed by atoms with E-state index in [2.05, 4.69) is 119 Å². The highest BCUT2D eigenvalue weighted by molar-refractivity contribution is 7.87. The molecule has 0 saturated heterocycles. The van der Waals surface area contributed by atoms with Gasteiger partial charge in [0.05, 0.1) is 56.1 Å². The van der Waals surface area contributed by atoms with Gasteiger partial charge < -0.3 is 78.0 Å². The lowest BCUT2D eigenvalue weighted by molar-refractivity contribution is -0.268. The van der Waals surface area contributed by atoms with Crippen molar-refractivity contribution in [1.82, 2.24) is 0 Å². The summed E-state index contributed by atoms with van der Waals surface area (Å²) in [6.07, 6.45) is -4.27. The summed E-state index contributed by atoms with van der Waals surface area (Å²) in [5, 5.41) is 67.3. The molecule has 11 unspecified atom stereocenters. The van der Waals surface area contributed by atoms with Gasteiger partial charge in [0, 0.05) is 30.1 Å². The molecule has 8 saturated carbocycles. The van der Waals surface area contributed by atoms with E-state index >= 15 is 0 Å². The second-order valence-corrected chi connectivity index (χ2v) is 46.7. The number of fused-ring (bicyclic) bond motifs is 3. The van der Waals surface area contributed by atoms with Crippen LogP contribution < -0.4 is 0 Å². The molecule has 5 aromatic rings. The number of hydrogen-bond acceptors (Lipinski definition) is 28. The van der Waals surface area contributed by atoms with Crippen LogP contribution in [0, 0.1) is 50.7 Å². The monoisotopic (exact) mass is 1940 g/mol. The van der Waals surface area contributed by atoms with E-state index in [0.717, 1.165) is 20.3 Å². The van der Waals surface area contributed by atoms with Crippen LogP contribution in [0.3, 0.4) is 0 Å². The van der Waals surface area contributed by atoms with Crippen molar-refractivity contribution in [2.24, 2.45) is 50.7 Å². The van der Waals surface area contributed by atoms with Crippen molar-refractivity contribution in [3.63, 3.8) is 0 Å². The van der Waals surface area contributed by atoms with Crippen molar-refractivity contribution in [3.8, 4) is 0 Å². The Bertz CT molecular complexity index is 4780. The van der Waals surface area contributed by atoms with Crippen molar-refractivity contribution >= 4 is 96.7 Å². The molecule has 746 valence electrons.